The van der Waals surface area contributed by atoms with E-state index in [0.717, 1.165) is 38.3 Å². The molecule has 28 heavy (non-hydrogen) atoms. The summed E-state index contributed by atoms with van der Waals surface area (Å²) >= 11 is 0. The molecule has 1 fully saturated rings. The molecule has 152 valence electrons. The Hall–Kier alpha value is -1.88. The van der Waals surface area contributed by atoms with Gasteiger partial charge in [-0.1, -0.05) is 42.5 Å². The van der Waals surface area contributed by atoms with Crippen molar-refractivity contribution in [2.24, 2.45) is 0 Å². The minimum atomic E-state index is 0.485. The number of nitrogens with zero attached hydrogens (tertiary/aromatic N) is 2. The van der Waals surface area contributed by atoms with Gasteiger partial charge in [-0.15, -0.1) is 0 Å². The first-order valence-electron chi connectivity index (χ1n) is 10.6. The Morgan fingerprint density at radius 3 is 2.50 bits per heavy atom. The zero-order valence-electron chi connectivity index (χ0n) is 17.4. The molecule has 1 unspecified atom stereocenters. The second kappa shape index (κ2) is 11.2. The van der Waals surface area contributed by atoms with Crippen molar-refractivity contribution in [1.29, 1.82) is 0 Å². The van der Waals surface area contributed by atoms with Crippen LogP contribution in [0, 0.1) is 0 Å². The van der Waals surface area contributed by atoms with E-state index >= 15 is 0 Å². The lowest BCUT2D eigenvalue weighted by molar-refractivity contribution is 0.144. The highest BCUT2D eigenvalue weighted by Gasteiger charge is 2.15. The predicted molar refractivity (Wildman–Crippen MR) is 117 cm³/mol. The summed E-state index contributed by atoms with van der Waals surface area (Å²) in [6, 6.07) is 19.6. The number of likely N-dealkylation sites (N-methyl/N-ethyl adjacent to an activating group) is 1. The summed E-state index contributed by atoms with van der Waals surface area (Å²) in [5, 5.41) is 3.66. The summed E-state index contributed by atoms with van der Waals surface area (Å²) in [4.78, 5) is 4.96. The van der Waals surface area contributed by atoms with Crippen molar-refractivity contribution >= 4 is 0 Å². The van der Waals surface area contributed by atoms with Gasteiger partial charge >= 0.3 is 0 Å². The summed E-state index contributed by atoms with van der Waals surface area (Å²) in [5.74, 6) is 0.971. The third-order valence-electron chi connectivity index (χ3n) is 5.40. The molecule has 1 aliphatic heterocycles. The van der Waals surface area contributed by atoms with Gasteiger partial charge in [-0.25, -0.2) is 0 Å². The van der Waals surface area contributed by atoms with Crippen molar-refractivity contribution in [2.45, 2.75) is 32.4 Å². The summed E-state index contributed by atoms with van der Waals surface area (Å²) in [7, 11) is 2.20. The number of piperazine rings is 1. The summed E-state index contributed by atoms with van der Waals surface area (Å²) in [5.41, 5.74) is 2.66. The highest BCUT2D eigenvalue weighted by molar-refractivity contribution is 5.28. The third kappa shape index (κ3) is 7.27. The van der Waals surface area contributed by atoms with Crippen LogP contribution in [-0.4, -0.2) is 62.2 Å². The molecule has 1 heterocycles. The average molecular weight is 382 g/mol. The van der Waals surface area contributed by atoms with Crippen LogP contribution in [0.4, 0.5) is 0 Å². The van der Waals surface area contributed by atoms with E-state index < -0.39 is 0 Å². The Kier molecular flexibility index (Phi) is 8.34. The number of hydrogen-bond donors (Lipinski definition) is 1. The molecule has 1 aliphatic rings. The van der Waals surface area contributed by atoms with Gasteiger partial charge in [-0.05, 0) is 50.1 Å². The zero-order valence-corrected chi connectivity index (χ0v) is 17.4. The first kappa shape index (κ1) is 20.8. The highest BCUT2D eigenvalue weighted by Crippen LogP contribution is 2.14. The van der Waals surface area contributed by atoms with Crippen LogP contribution in [0.2, 0.25) is 0 Å². The van der Waals surface area contributed by atoms with E-state index in [2.05, 4.69) is 83.7 Å². The molecule has 0 radical (unpaired) electrons. The van der Waals surface area contributed by atoms with Gasteiger partial charge in [0.2, 0.25) is 0 Å². The molecule has 0 aromatic heterocycles. The van der Waals surface area contributed by atoms with Crippen LogP contribution in [-0.2, 0) is 13.0 Å². The fraction of sp³-hybridized carbons (Fsp3) is 0.500. The van der Waals surface area contributed by atoms with Crippen LogP contribution in [0.25, 0.3) is 0 Å². The molecule has 0 bridgehead atoms. The lowest BCUT2D eigenvalue weighted by atomic mass is 10.1. The minimum Gasteiger partial charge on any atom is -0.494 e. The van der Waals surface area contributed by atoms with Gasteiger partial charge in [0, 0.05) is 45.3 Å². The van der Waals surface area contributed by atoms with E-state index in [1.165, 1.54) is 37.3 Å². The fourth-order valence-corrected chi connectivity index (χ4v) is 3.63. The van der Waals surface area contributed by atoms with Crippen molar-refractivity contribution in [2.75, 3.05) is 46.4 Å². The molecular weight excluding hydrogens is 346 g/mol. The average Bonchev–Trinajstić information content (AvgIpc) is 2.73. The molecule has 1 N–H and O–H groups in total. The van der Waals surface area contributed by atoms with Gasteiger partial charge in [-0.2, -0.15) is 0 Å². The molecule has 0 spiro atoms. The summed E-state index contributed by atoms with van der Waals surface area (Å²) in [6.07, 6.45) is 2.10. The second-order valence-electron chi connectivity index (χ2n) is 7.97. The predicted octanol–water partition coefficient (Wildman–Crippen LogP) is 3.42. The zero-order chi connectivity index (χ0) is 19.6. The molecule has 0 saturated carbocycles. The van der Waals surface area contributed by atoms with E-state index in [0.29, 0.717) is 6.04 Å². The SMILES string of the molecule is CC(CN1CCN(C)CC1)NCc1cccc(OCCCc2ccccc2)c1. The van der Waals surface area contributed by atoms with Crippen LogP contribution < -0.4 is 10.1 Å². The molecule has 0 aliphatic carbocycles. The number of benzene rings is 2. The van der Waals surface area contributed by atoms with Crippen LogP contribution in [0.3, 0.4) is 0 Å². The van der Waals surface area contributed by atoms with Gasteiger partial charge in [0.15, 0.2) is 0 Å². The largest absolute Gasteiger partial charge is 0.494 e. The van der Waals surface area contributed by atoms with Crippen LogP contribution in [0.5, 0.6) is 5.75 Å². The number of nitrogens with one attached hydrogen (secondary N) is 1. The fourth-order valence-electron chi connectivity index (χ4n) is 3.63. The van der Waals surface area contributed by atoms with Gasteiger partial charge in [-0.3, -0.25) is 4.90 Å². The normalized spacial score (nSPS) is 16.8. The van der Waals surface area contributed by atoms with Crippen molar-refractivity contribution in [3.05, 3.63) is 65.7 Å². The minimum absolute atomic E-state index is 0.485. The van der Waals surface area contributed by atoms with Crippen molar-refractivity contribution in [3.8, 4) is 5.75 Å². The summed E-state index contributed by atoms with van der Waals surface area (Å²) < 4.78 is 5.97. The highest BCUT2D eigenvalue weighted by atomic mass is 16.5. The van der Waals surface area contributed by atoms with Gasteiger partial charge in [0.25, 0.3) is 0 Å². The van der Waals surface area contributed by atoms with E-state index in [1.54, 1.807) is 0 Å². The topological polar surface area (TPSA) is 27.7 Å². The maximum absolute atomic E-state index is 5.97. The van der Waals surface area contributed by atoms with E-state index in [9.17, 15) is 0 Å². The molecule has 0 amide bonds. The molecule has 4 nitrogen and oxygen atoms in total. The number of rotatable bonds is 10. The standard InChI is InChI=1S/C24H35N3O/c1-21(20-27-15-13-26(2)14-16-27)25-19-23-10-6-12-24(18-23)28-17-7-11-22-8-4-3-5-9-22/h3-6,8-10,12,18,21,25H,7,11,13-17,19-20H2,1-2H3. The van der Waals surface area contributed by atoms with Gasteiger partial charge < -0.3 is 15.0 Å². The molecule has 3 rings (SSSR count). The Bertz CT molecular complexity index is 683. The Balaban J connectivity index is 1.35. The third-order valence-corrected chi connectivity index (χ3v) is 5.40. The first-order valence-corrected chi connectivity index (χ1v) is 10.6. The lowest BCUT2D eigenvalue weighted by Gasteiger charge is -2.34. The molecule has 1 saturated heterocycles. The van der Waals surface area contributed by atoms with E-state index in [-0.39, 0.29) is 0 Å². The monoisotopic (exact) mass is 381 g/mol. The van der Waals surface area contributed by atoms with Crippen LogP contribution >= 0.6 is 0 Å². The van der Waals surface area contributed by atoms with Crippen LogP contribution in [0.15, 0.2) is 54.6 Å². The van der Waals surface area contributed by atoms with Gasteiger partial charge in [0.05, 0.1) is 6.61 Å². The number of hydrogen-bond acceptors (Lipinski definition) is 4. The Morgan fingerprint density at radius 1 is 0.964 bits per heavy atom. The molecule has 2 aromatic rings. The van der Waals surface area contributed by atoms with Crippen LogP contribution in [0.1, 0.15) is 24.5 Å². The number of ether oxygens (including phenoxy) is 1. The smallest absolute Gasteiger partial charge is 0.119 e. The number of aryl methyl sites for hydroxylation is 1. The Morgan fingerprint density at radius 2 is 1.71 bits per heavy atom. The van der Waals surface area contributed by atoms with Crippen molar-refractivity contribution < 1.29 is 4.74 Å². The quantitative estimate of drug-likeness (QED) is 0.638. The first-order chi connectivity index (χ1) is 13.7. The lowest BCUT2D eigenvalue weighted by Crippen LogP contribution is -2.48. The van der Waals surface area contributed by atoms with E-state index in [1.807, 2.05) is 0 Å². The maximum Gasteiger partial charge on any atom is 0.119 e. The van der Waals surface area contributed by atoms with Crippen molar-refractivity contribution in [1.82, 2.24) is 15.1 Å². The van der Waals surface area contributed by atoms with Gasteiger partial charge in [0.1, 0.15) is 5.75 Å². The molecule has 2 aromatic carbocycles. The van der Waals surface area contributed by atoms with Crippen molar-refractivity contribution in [3.63, 3.8) is 0 Å². The summed E-state index contributed by atoms with van der Waals surface area (Å²) in [6.45, 7) is 9.74. The second-order valence-corrected chi connectivity index (χ2v) is 7.97. The maximum atomic E-state index is 5.97. The van der Waals surface area contributed by atoms with E-state index in [4.69, 9.17) is 4.74 Å². The molecule has 4 heteroatoms. The Labute approximate surface area is 170 Å². The molecule has 1 atom stereocenters. The molecular formula is C24H35N3O.